The van der Waals surface area contributed by atoms with E-state index in [0.29, 0.717) is 0 Å². The van der Waals surface area contributed by atoms with E-state index < -0.39 is 0 Å². The maximum atomic E-state index is 13.5. The van der Waals surface area contributed by atoms with Gasteiger partial charge in [-0.25, -0.2) is 4.39 Å². The quantitative estimate of drug-likeness (QED) is 0.896. The Morgan fingerprint density at radius 3 is 2.50 bits per heavy atom. The minimum absolute atomic E-state index is 0.00287. The van der Waals surface area contributed by atoms with Gasteiger partial charge in [0.2, 0.25) is 0 Å². The number of rotatable bonds is 3. The second kappa shape index (κ2) is 5.63. The Balaban J connectivity index is 2.45. The lowest BCUT2D eigenvalue weighted by Crippen LogP contribution is -2.18. The Hall–Kier alpha value is -1.19. The molecule has 0 aliphatic rings. The third-order valence-corrected chi connectivity index (χ3v) is 3.36. The molecule has 1 atom stereocenters. The van der Waals surface area contributed by atoms with Gasteiger partial charge in [-0.2, -0.15) is 0 Å². The number of nitrogens with one attached hydrogen (secondary N) is 1. The van der Waals surface area contributed by atoms with Gasteiger partial charge in [-0.1, -0.05) is 34.1 Å². The molecule has 0 aromatic heterocycles. The molecule has 0 aliphatic heterocycles. The molecule has 1 N–H and O–H groups in total. The molecule has 0 bridgehead atoms. The van der Waals surface area contributed by atoms with Crippen LogP contribution >= 0.6 is 15.9 Å². The molecule has 0 heterocycles. The van der Waals surface area contributed by atoms with Gasteiger partial charge in [0.25, 0.3) is 0 Å². The number of benzene rings is 2. The SMILES string of the molecule is CNC(c1cc(C)cc(F)c1)c1cccc(Br)c1. The molecule has 2 aromatic carbocycles. The summed E-state index contributed by atoms with van der Waals surface area (Å²) in [6, 6.07) is 13.2. The van der Waals surface area contributed by atoms with E-state index in [1.54, 1.807) is 6.07 Å². The molecule has 0 fully saturated rings. The van der Waals surface area contributed by atoms with Crippen LogP contribution in [0.3, 0.4) is 0 Å². The summed E-state index contributed by atoms with van der Waals surface area (Å²) < 4.78 is 14.5. The molecule has 0 saturated heterocycles. The summed E-state index contributed by atoms with van der Waals surface area (Å²) in [6.45, 7) is 1.90. The molecule has 1 nitrogen and oxygen atoms in total. The normalized spacial score (nSPS) is 12.4. The average molecular weight is 308 g/mol. The van der Waals surface area contributed by atoms with Crippen LogP contribution in [0.2, 0.25) is 0 Å². The first-order valence-electron chi connectivity index (χ1n) is 5.80. The molecule has 0 aliphatic carbocycles. The van der Waals surface area contributed by atoms with Gasteiger partial charge in [0.05, 0.1) is 6.04 Å². The lowest BCUT2D eigenvalue weighted by Gasteiger charge is -2.18. The average Bonchev–Trinajstić information content (AvgIpc) is 2.28. The van der Waals surface area contributed by atoms with Gasteiger partial charge in [-0.3, -0.25) is 0 Å². The Kier molecular flexibility index (Phi) is 4.15. The van der Waals surface area contributed by atoms with Crippen LogP contribution in [0.4, 0.5) is 4.39 Å². The van der Waals surface area contributed by atoms with Crippen molar-refractivity contribution in [2.24, 2.45) is 0 Å². The van der Waals surface area contributed by atoms with Crippen LogP contribution in [0.15, 0.2) is 46.9 Å². The van der Waals surface area contributed by atoms with Gasteiger partial charge >= 0.3 is 0 Å². The van der Waals surface area contributed by atoms with Crippen molar-refractivity contribution in [3.05, 3.63) is 69.4 Å². The lowest BCUT2D eigenvalue weighted by atomic mass is 9.97. The van der Waals surface area contributed by atoms with Crippen molar-refractivity contribution in [3.63, 3.8) is 0 Å². The molecule has 2 rings (SSSR count). The number of hydrogen-bond acceptors (Lipinski definition) is 1. The maximum absolute atomic E-state index is 13.5. The van der Waals surface area contributed by atoms with Crippen molar-refractivity contribution >= 4 is 15.9 Å². The third-order valence-electron chi connectivity index (χ3n) is 2.87. The Labute approximate surface area is 115 Å². The monoisotopic (exact) mass is 307 g/mol. The van der Waals surface area contributed by atoms with E-state index >= 15 is 0 Å². The summed E-state index contributed by atoms with van der Waals surface area (Å²) in [5.41, 5.74) is 2.98. The fraction of sp³-hybridized carbons (Fsp3) is 0.200. The summed E-state index contributed by atoms with van der Waals surface area (Å²) in [5.74, 6) is -0.194. The number of halogens is 2. The Morgan fingerprint density at radius 1 is 1.11 bits per heavy atom. The van der Waals surface area contributed by atoms with E-state index in [-0.39, 0.29) is 11.9 Å². The minimum atomic E-state index is -0.194. The van der Waals surface area contributed by atoms with E-state index in [1.165, 1.54) is 6.07 Å². The van der Waals surface area contributed by atoms with E-state index in [0.717, 1.165) is 21.2 Å². The Bertz CT molecular complexity index is 534. The van der Waals surface area contributed by atoms with Gasteiger partial charge in [0.1, 0.15) is 5.82 Å². The third kappa shape index (κ3) is 2.98. The highest BCUT2D eigenvalue weighted by Gasteiger charge is 2.13. The van der Waals surface area contributed by atoms with Crippen molar-refractivity contribution in [1.29, 1.82) is 0 Å². The van der Waals surface area contributed by atoms with Crippen LogP contribution in [0.25, 0.3) is 0 Å². The van der Waals surface area contributed by atoms with Crippen LogP contribution in [-0.2, 0) is 0 Å². The first-order valence-corrected chi connectivity index (χ1v) is 6.59. The van der Waals surface area contributed by atoms with Gasteiger partial charge in [0.15, 0.2) is 0 Å². The highest BCUT2D eigenvalue weighted by molar-refractivity contribution is 9.10. The standard InChI is InChI=1S/C15H15BrFN/c1-10-6-12(9-14(17)7-10)15(18-2)11-4-3-5-13(16)8-11/h3-9,15,18H,1-2H3. The maximum Gasteiger partial charge on any atom is 0.123 e. The highest BCUT2D eigenvalue weighted by Crippen LogP contribution is 2.25. The van der Waals surface area contributed by atoms with Crippen LogP contribution < -0.4 is 5.32 Å². The zero-order valence-corrected chi connectivity index (χ0v) is 12.0. The number of hydrogen-bond donors (Lipinski definition) is 1. The zero-order valence-electron chi connectivity index (χ0n) is 10.4. The second-order valence-electron chi connectivity index (χ2n) is 4.34. The summed E-state index contributed by atoms with van der Waals surface area (Å²) in [5, 5.41) is 3.23. The molecule has 0 amide bonds. The van der Waals surface area contributed by atoms with Crippen LogP contribution in [0.1, 0.15) is 22.7 Å². The fourth-order valence-corrected chi connectivity index (χ4v) is 2.56. The molecule has 0 saturated carbocycles. The molecule has 0 radical (unpaired) electrons. The highest BCUT2D eigenvalue weighted by atomic mass is 79.9. The van der Waals surface area contributed by atoms with Crippen molar-refractivity contribution in [2.75, 3.05) is 7.05 Å². The summed E-state index contributed by atoms with van der Waals surface area (Å²) in [7, 11) is 1.88. The summed E-state index contributed by atoms with van der Waals surface area (Å²) >= 11 is 3.46. The number of aryl methyl sites for hydroxylation is 1. The largest absolute Gasteiger partial charge is 0.309 e. The molecule has 94 valence electrons. The molecular formula is C15H15BrFN. The fourth-order valence-electron chi connectivity index (χ4n) is 2.14. The van der Waals surface area contributed by atoms with E-state index in [1.807, 2.05) is 44.3 Å². The predicted molar refractivity (Wildman–Crippen MR) is 76.2 cm³/mol. The first-order chi connectivity index (χ1) is 8.60. The first kappa shape index (κ1) is 13.2. The molecule has 18 heavy (non-hydrogen) atoms. The molecule has 1 unspecified atom stereocenters. The molecule has 2 aromatic rings. The van der Waals surface area contributed by atoms with E-state index in [4.69, 9.17) is 0 Å². The van der Waals surface area contributed by atoms with Crippen LogP contribution in [-0.4, -0.2) is 7.05 Å². The van der Waals surface area contributed by atoms with E-state index in [2.05, 4.69) is 21.2 Å². The Morgan fingerprint density at radius 2 is 1.89 bits per heavy atom. The summed E-state index contributed by atoms with van der Waals surface area (Å²) in [4.78, 5) is 0. The van der Waals surface area contributed by atoms with Gasteiger partial charge in [-0.15, -0.1) is 0 Å². The van der Waals surface area contributed by atoms with Crippen LogP contribution in [0.5, 0.6) is 0 Å². The van der Waals surface area contributed by atoms with Crippen molar-refractivity contribution < 1.29 is 4.39 Å². The van der Waals surface area contributed by atoms with Gasteiger partial charge in [-0.05, 0) is 54.9 Å². The molecular weight excluding hydrogens is 293 g/mol. The second-order valence-corrected chi connectivity index (χ2v) is 5.25. The lowest BCUT2D eigenvalue weighted by molar-refractivity contribution is 0.615. The van der Waals surface area contributed by atoms with Crippen molar-refractivity contribution in [2.45, 2.75) is 13.0 Å². The van der Waals surface area contributed by atoms with Gasteiger partial charge < -0.3 is 5.32 Å². The molecule has 0 spiro atoms. The molecule has 3 heteroatoms. The van der Waals surface area contributed by atoms with E-state index in [9.17, 15) is 4.39 Å². The smallest absolute Gasteiger partial charge is 0.123 e. The minimum Gasteiger partial charge on any atom is -0.309 e. The van der Waals surface area contributed by atoms with Gasteiger partial charge in [0, 0.05) is 4.47 Å². The van der Waals surface area contributed by atoms with Crippen LogP contribution in [0, 0.1) is 12.7 Å². The van der Waals surface area contributed by atoms with Crippen molar-refractivity contribution in [1.82, 2.24) is 5.32 Å². The summed E-state index contributed by atoms with van der Waals surface area (Å²) in [6.07, 6.45) is 0. The van der Waals surface area contributed by atoms with Crippen molar-refractivity contribution in [3.8, 4) is 0 Å². The topological polar surface area (TPSA) is 12.0 Å². The predicted octanol–water partition coefficient (Wildman–Crippen LogP) is 4.21. The zero-order chi connectivity index (χ0) is 13.1.